The van der Waals surface area contributed by atoms with Gasteiger partial charge in [0.2, 0.25) is 0 Å². The van der Waals surface area contributed by atoms with Gasteiger partial charge >= 0.3 is 6.03 Å². The van der Waals surface area contributed by atoms with Gasteiger partial charge in [-0.05, 0) is 61.6 Å². The summed E-state index contributed by atoms with van der Waals surface area (Å²) in [6.07, 6.45) is 6.65. The second-order valence-corrected chi connectivity index (χ2v) is 9.54. The quantitative estimate of drug-likeness (QED) is 0.745. The fourth-order valence-corrected chi connectivity index (χ4v) is 5.52. The maximum absolute atomic E-state index is 13.1. The summed E-state index contributed by atoms with van der Waals surface area (Å²) in [5.74, 6) is -0.569. The van der Waals surface area contributed by atoms with Crippen LogP contribution in [-0.2, 0) is 6.54 Å². The molecule has 2 aliphatic heterocycles. The number of hydrogen-bond donors (Lipinski definition) is 2. The Bertz CT molecular complexity index is 1110. The summed E-state index contributed by atoms with van der Waals surface area (Å²) in [4.78, 5) is 40.4. The van der Waals surface area contributed by atoms with Crippen LogP contribution in [0.5, 0.6) is 0 Å². The lowest BCUT2D eigenvalue weighted by molar-refractivity contribution is 0.102. The highest BCUT2D eigenvalue weighted by atomic mass is 19.1. The van der Waals surface area contributed by atoms with E-state index in [1.54, 1.807) is 10.6 Å². The third-order valence-corrected chi connectivity index (χ3v) is 7.18. The molecule has 0 unspecified atom stereocenters. The Kier molecular flexibility index (Phi) is 5.91. The molecule has 1 saturated heterocycles. The van der Waals surface area contributed by atoms with Crippen molar-refractivity contribution in [2.45, 2.75) is 57.0 Å². The molecule has 33 heavy (non-hydrogen) atoms. The van der Waals surface area contributed by atoms with Gasteiger partial charge in [-0.3, -0.25) is 9.59 Å². The Hall–Kier alpha value is -3.16. The molecule has 174 valence electrons. The number of benzene rings is 1. The van der Waals surface area contributed by atoms with E-state index in [0.29, 0.717) is 19.6 Å². The molecular weight excluding hydrogens is 423 g/mol. The van der Waals surface area contributed by atoms with Crippen molar-refractivity contribution in [1.82, 2.24) is 14.8 Å². The monoisotopic (exact) mass is 452 g/mol. The van der Waals surface area contributed by atoms with Crippen molar-refractivity contribution < 1.29 is 14.0 Å². The molecule has 2 atom stereocenters. The molecule has 0 radical (unpaired) electrons. The van der Waals surface area contributed by atoms with E-state index in [9.17, 15) is 18.8 Å². The number of carbonyl (C=O) groups is 2. The van der Waals surface area contributed by atoms with Gasteiger partial charge in [0, 0.05) is 42.9 Å². The first kappa shape index (κ1) is 21.7. The fourth-order valence-electron chi connectivity index (χ4n) is 5.52. The van der Waals surface area contributed by atoms with Crippen molar-refractivity contribution in [3.05, 3.63) is 63.8 Å². The Morgan fingerprint density at radius 3 is 2.45 bits per heavy atom. The first-order valence-electron chi connectivity index (χ1n) is 11.8. The van der Waals surface area contributed by atoms with E-state index in [1.807, 2.05) is 11.0 Å². The Morgan fingerprint density at radius 1 is 0.939 bits per heavy atom. The zero-order valence-corrected chi connectivity index (χ0v) is 18.6. The maximum atomic E-state index is 13.1. The van der Waals surface area contributed by atoms with Crippen LogP contribution >= 0.6 is 0 Å². The summed E-state index contributed by atoms with van der Waals surface area (Å²) in [7, 11) is 0. The molecule has 2 aromatic rings. The average Bonchev–Trinajstić information content (AvgIpc) is 2.82. The molecule has 2 fully saturated rings. The van der Waals surface area contributed by atoms with Crippen LogP contribution in [0.15, 0.2) is 41.2 Å². The molecule has 1 saturated carbocycles. The lowest BCUT2D eigenvalue weighted by atomic mass is 9.83. The van der Waals surface area contributed by atoms with Gasteiger partial charge in [0.05, 0.1) is 0 Å². The summed E-state index contributed by atoms with van der Waals surface area (Å²) >= 11 is 0. The number of amides is 3. The van der Waals surface area contributed by atoms with E-state index in [0.717, 1.165) is 25.0 Å². The van der Waals surface area contributed by atoms with Gasteiger partial charge in [0.1, 0.15) is 11.5 Å². The van der Waals surface area contributed by atoms with Crippen molar-refractivity contribution in [3.63, 3.8) is 0 Å². The highest BCUT2D eigenvalue weighted by molar-refractivity contribution is 6.04. The molecule has 0 spiro atoms. The van der Waals surface area contributed by atoms with Crippen LogP contribution in [-0.4, -0.2) is 40.5 Å². The number of carbonyl (C=O) groups excluding carboxylic acids is 2. The number of aromatic nitrogens is 1. The minimum absolute atomic E-state index is 0.00979. The van der Waals surface area contributed by atoms with Gasteiger partial charge in [-0.2, -0.15) is 0 Å². The average molecular weight is 453 g/mol. The number of halogens is 1. The summed E-state index contributed by atoms with van der Waals surface area (Å²) in [6, 6.07) is 9.00. The van der Waals surface area contributed by atoms with Crippen LogP contribution in [0, 0.1) is 11.7 Å². The number of urea groups is 1. The highest BCUT2D eigenvalue weighted by Crippen LogP contribution is 2.35. The Balaban J connectivity index is 1.30. The topological polar surface area (TPSA) is 83.4 Å². The van der Waals surface area contributed by atoms with Crippen LogP contribution < -0.4 is 16.2 Å². The van der Waals surface area contributed by atoms with E-state index >= 15 is 0 Å². The SMILES string of the molecule is O=C(Nc1ccc2n(c1=O)C[C@@H]1C[C@@H]2CN(C(=O)NC2CCCCC2)C1)c1ccc(F)cc1. The molecule has 2 bridgehead atoms. The van der Waals surface area contributed by atoms with Crippen molar-refractivity contribution >= 4 is 17.6 Å². The van der Waals surface area contributed by atoms with Crippen molar-refractivity contribution in [3.8, 4) is 0 Å². The van der Waals surface area contributed by atoms with Crippen molar-refractivity contribution in [2.75, 3.05) is 18.4 Å². The third-order valence-electron chi connectivity index (χ3n) is 7.18. The smallest absolute Gasteiger partial charge is 0.317 e. The molecule has 5 rings (SSSR count). The number of hydrogen-bond acceptors (Lipinski definition) is 3. The van der Waals surface area contributed by atoms with Gasteiger partial charge < -0.3 is 20.1 Å². The number of nitrogens with one attached hydrogen (secondary N) is 2. The normalized spacial score (nSPS) is 22.4. The van der Waals surface area contributed by atoms with Gasteiger partial charge in [0.25, 0.3) is 11.5 Å². The van der Waals surface area contributed by atoms with Crippen LogP contribution in [0.2, 0.25) is 0 Å². The molecular formula is C25H29FN4O3. The second-order valence-electron chi connectivity index (χ2n) is 9.54. The predicted octanol–water partition coefficient (Wildman–Crippen LogP) is 3.70. The van der Waals surface area contributed by atoms with Gasteiger partial charge in [-0.15, -0.1) is 0 Å². The van der Waals surface area contributed by atoms with Crippen LogP contribution in [0.1, 0.15) is 60.5 Å². The van der Waals surface area contributed by atoms with E-state index < -0.39 is 11.7 Å². The number of anilines is 1. The minimum Gasteiger partial charge on any atom is -0.335 e. The molecule has 3 heterocycles. The van der Waals surface area contributed by atoms with E-state index in [1.165, 1.54) is 43.5 Å². The highest BCUT2D eigenvalue weighted by Gasteiger charge is 2.37. The van der Waals surface area contributed by atoms with Crippen molar-refractivity contribution in [2.24, 2.45) is 5.92 Å². The zero-order valence-electron chi connectivity index (χ0n) is 18.6. The zero-order chi connectivity index (χ0) is 22.9. The first-order valence-corrected chi connectivity index (χ1v) is 11.8. The minimum atomic E-state index is -0.450. The standard InChI is InChI=1S/C25H29FN4O3/c26-19-8-6-17(7-9-19)23(31)28-21-10-11-22-18-12-16(14-30(22)24(21)32)13-29(15-18)25(33)27-20-4-2-1-3-5-20/h6-11,16,18,20H,1-5,12-15H2,(H,27,33)(H,28,31)/t16-,18-/m1/s1. The van der Waals surface area contributed by atoms with E-state index in [4.69, 9.17) is 0 Å². The molecule has 1 aromatic heterocycles. The molecule has 1 aromatic carbocycles. The van der Waals surface area contributed by atoms with Crippen LogP contribution in [0.3, 0.4) is 0 Å². The largest absolute Gasteiger partial charge is 0.335 e. The van der Waals surface area contributed by atoms with E-state index in [-0.39, 0.29) is 40.7 Å². The lowest BCUT2D eigenvalue weighted by Crippen LogP contribution is -2.53. The summed E-state index contributed by atoms with van der Waals surface area (Å²) < 4.78 is 14.9. The first-order chi connectivity index (χ1) is 16.0. The number of nitrogens with zero attached hydrogens (tertiary/aromatic N) is 2. The summed E-state index contributed by atoms with van der Waals surface area (Å²) in [5.41, 5.74) is 1.17. The van der Waals surface area contributed by atoms with Crippen LogP contribution in [0.25, 0.3) is 0 Å². The number of piperidine rings is 1. The number of fused-ring (bicyclic) bond motifs is 4. The molecule has 8 heteroatoms. The number of rotatable bonds is 3. The second kappa shape index (κ2) is 9.00. The van der Waals surface area contributed by atoms with Gasteiger partial charge in [-0.1, -0.05) is 19.3 Å². The summed E-state index contributed by atoms with van der Waals surface area (Å²) in [5, 5.41) is 5.88. The van der Waals surface area contributed by atoms with Crippen LogP contribution in [0.4, 0.5) is 14.9 Å². The maximum Gasteiger partial charge on any atom is 0.317 e. The Labute approximate surface area is 192 Å². The van der Waals surface area contributed by atoms with Gasteiger partial charge in [0.15, 0.2) is 0 Å². The molecule has 1 aliphatic carbocycles. The predicted molar refractivity (Wildman–Crippen MR) is 123 cm³/mol. The summed E-state index contributed by atoms with van der Waals surface area (Å²) in [6.45, 7) is 1.75. The van der Waals surface area contributed by atoms with E-state index in [2.05, 4.69) is 10.6 Å². The lowest BCUT2D eigenvalue weighted by Gasteiger charge is -2.43. The molecule has 7 nitrogen and oxygen atoms in total. The molecule has 2 N–H and O–H groups in total. The molecule has 3 amide bonds. The van der Waals surface area contributed by atoms with Gasteiger partial charge in [-0.25, -0.2) is 9.18 Å². The molecule has 3 aliphatic rings. The van der Waals surface area contributed by atoms with Crippen molar-refractivity contribution in [1.29, 1.82) is 0 Å². The fraction of sp³-hybridized carbons (Fsp3) is 0.480. The number of pyridine rings is 1. The third kappa shape index (κ3) is 4.51. The Morgan fingerprint density at radius 2 is 1.70 bits per heavy atom. The number of likely N-dealkylation sites (tertiary alicyclic amines) is 1.